The van der Waals surface area contributed by atoms with Crippen LogP contribution in [-0.2, 0) is 6.42 Å². The largest absolute Gasteiger partial charge is 0.391 e. The quantitative estimate of drug-likeness (QED) is 0.887. The Morgan fingerprint density at radius 2 is 2.00 bits per heavy atom. The molecule has 1 aliphatic rings. The molecule has 0 spiro atoms. The van der Waals surface area contributed by atoms with Crippen LogP contribution in [0.1, 0.15) is 45.1 Å². The van der Waals surface area contributed by atoms with Crippen molar-refractivity contribution in [1.82, 2.24) is 4.90 Å². The van der Waals surface area contributed by atoms with Gasteiger partial charge in [0, 0.05) is 12.0 Å². The molecule has 4 heteroatoms. The number of benzene rings is 1. The van der Waals surface area contributed by atoms with Crippen LogP contribution in [0.5, 0.6) is 0 Å². The van der Waals surface area contributed by atoms with Gasteiger partial charge in [0.2, 0.25) is 0 Å². The Hall–Kier alpha value is -0.640. The molecule has 2 unspecified atom stereocenters. The molecular weight excluding hydrogens is 289 g/mol. The molecule has 1 heterocycles. The topological polar surface area (TPSA) is 23.5 Å². The molecule has 2 atom stereocenters. The second kappa shape index (κ2) is 7.08. The summed E-state index contributed by atoms with van der Waals surface area (Å²) in [5.41, 5.74) is 0.400. The molecule has 1 fully saturated rings. The van der Waals surface area contributed by atoms with Gasteiger partial charge in [0.1, 0.15) is 5.82 Å². The molecular formula is C17H25ClFNO. The van der Waals surface area contributed by atoms with Crippen molar-refractivity contribution in [3.63, 3.8) is 0 Å². The molecule has 118 valence electrons. The first kappa shape index (κ1) is 16.7. The first-order valence-corrected chi connectivity index (χ1v) is 8.23. The maximum Gasteiger partial charge on any atom is 0.142 e. The Balaban J connectivity index is 2.15. The number of rotatable bonds is 5. The maximum atomic E-state index is 13.5. The molecule has 1 aromatic carbocycles. The second-order valence-electron chi connectivity index (χ2n) is 6.19. The summed E-state index contributed by atoms with van der Waals surface area (Å²) in [7, 11) is 0. The van der Waals surface area contributed by atoms with E-state index in [4.69, 9.17) is 11.6 Å². The fourth-order valence-electron chi connectivity index (χ4n) is 3.21. The minimum absolute atomic E-state index is 0.133. The molecule has 0 bridgehead atoms. The summed E-state index contributed by atoms with van der Waals surface area (Å²) in [4.78, 5) is 2.38. The lowest BCUT2D eigenvalue weighted by Crippen LogP contribution is -2.56. The average molecular weight is 314 g/mol. The van der Waals surface area contributed by atoms with E-state index in [0.717, 1.165) is 19.5 Å². The van der Waals surface area contributed by atoms with Gasteiger partial charge >= 0.3 is 0 Å². The van der Waals surface area contributed by atoms with E-state index >= 15 is 0 Å². The fourth-order valence-corrected chi connectivity index (χ4v) is 3.41. The van der Waals surface area contributed by atoms with Crippen LogP contribution in [0, 0.1) is 5.82 Å². The highest BCUT2D eigenvalue weighted by atomic mass is 35.5. The zero-order valence-electron chi connectivity index (χ0n) is 12.9. The summed E-state index contributed by atoms with van der Waals surface area (Å²) < 4.78 is 13.5. The van der Waals surface area contributed by atoms with Crippen LogP contribution < -0.4 is 0 Å². The monoisotopic (exact) mass is 313 g/mol. The van der Waals surface area contributed by atoms with Gasteiger partial charge < -0.3 is 5.11 Å². The van der Waals surface area contributed by atoms with Crippen LogP contribution in [0.15, 0.2) is 18.2 Å². The average Bonchev–Trinajstić information content (AvgIpc) is 2.51. The normalized spacial score (nSPS) is 21.0. The van der Waals surface area contributed by atoms with Crippen molar-refractivity contribution in [1.29, 1.82) is 0 Å². The van der Waals surface area contributed by atoms with Gasteiger partial charge in [-0.25, -0.2) is 4.39 Å². The van der Waals surface area contributed by atoms with Gasteiger partial charge in [0.05, 0.1) is 11.1 Å². The van der Waals surface area contributed by atoms with Crippen LogP contribution in [0.25, 0.3) is 0 Å². The lowest BCUT2D eigenvalue weighted by molar-refractivity contribution is -0.0328. The van der Waals surface area contributed by atoms with Crippen molar-refractivity contribution in [2.45, 2.75) is 57.6 Å². The number of aliphatic hydroxyl groups excluding tert-OH is 1. The summed E-state index contributed by atoms with van der Waals surface area (Å²) in [6.07, 6.45) is 4.33. The van der Waals surface area contributed by atoms with Gasteiger partial charge in [-0.3, -0.25) is 4.90 Å². The third-order valence-corrected chi connectivity index (χ3v) is 5.38. The lowest BCUT2D eigenvalue weighted by atomic mass is 9.84. The standard InChI is InChI=1S/C17H25ClFNO/c1-3-17(2,20-10-5-4-6-11-20)15(21)12-13-8-7-9-14(19)16(13)18/h7-9,15,21H,3-6,10-12H2,1-2H3. The first-order valence-electron chi connectivity index (χ1n) is 7.85. The minimum atomic E-state index is -0.556. The highest BCUT2D eigenvalue weighted by Crippen LogP contribution is 2.31. The van der Waals surface area contributed by atoms with Crippen molar-refractivity contribution < 1.29 is 9.50 Å². The first-order chi connectivity index (χ1) is 9.99. The van der Waals surface area contributed by atoms with Crippen molar-refractivity contribution in [2.75, 3.05) is 13.1 Å². The molecule has 1 saturated heterocycles. The Kier molecular flexibility index (Phi) is 5.64. The number of likely N-dealkylation sites (tertiary alicyclic amines) is 1. The van der Waals surface area contributed by atoms with Crippen molar-refractivity contribution in [3.8, 4) is 0 Å². The maximum absolute atomic E-state index is 13.5. The highest BCUT2D eigenvalue weighted by Gasteiger charge is 2.38. The molecule has 1 aliphatic heterocycles. The van der Waals surface area contributed by atoms with E-state index in [-0.39, 0.29) is 10.6 Å². The fraction of sp³-hybridized carbons (Fsp3) is 0.647. The number of aliphatic hydroxyl groups is 1. The van der Waals surface area contributed by atoms with Gasteiger partial charge in [-0.05, 0) is 50.9 Å². The Bertz CT molecular complexity index is 476. The lowest BCUT2D eigenvalue weighted by Gasteiger charge is -2.46. The summed E-state index contributed by atoms with van der Waals surface area (Å²) in [6, 6.07) is 4.79. The molecule has 21 heavy (non-hydrogen) atoms. The molecule has 0 radical (unpaired) electrons. The van der Waals surface area contributed by atoms with E-state index in [1.165, 1.54) is 25.3 Å². The number of nitrogens with zero attached hydrogens (tertiary/aromatic N) is 1. The van der Waals surface area contributed by atoms with Crippen molar-refractivity contribution in [2.24, 2.45) is 0 Å². The predicted molar refractivity (Wildman–Crippen MR) is 85.2 cm³/mol. The second-order valence-corrected chi connectivity index (χ2v) is 6.57. The Labute approximate surface area is 131 Å². The smallest absolute Gasteiger partial charge is 0.142 e. The summed E-state index contributed by atoms with van der Waals surface area (Å²) in [6.45, 7) is 6.26. The molecule has 0 aromatic heterocycles. The van der Waals surface area contributed by atoms with Crippen LogP contribution in [-0.4, -0.2) is 34.7 Å². The van der Waals surface area contributed by atoms with Crippen LogP contribution in [0.4, 0.5) is 4.39 Å². The zero-order valence-corrected chi connectivity index (χ0v) is 13.7. The van der Waals surface area contributed by atoms with Crippen LogP contribution in [0.2, 0.25) is 5.02 Å². The minimum Gasteiger partial charge on any atom is -0.391 e. The van der Waals surface area contributed by atoms with Crippen molar-refractivity contribution >= 4 is 11.6 Å². The van der Waals surface area contributed by atoms with E-state index in [9.17, 15) is 9.50 Å². The number of piperidine rings is 1. The molecule has 0 amide bonds. The van der Waals surface area contributed by atoms with Crippen molar-refractivity contribution in [3.05, 3.63) is 34.6 Å². The number of halogens is 2. The summed E-state index contributed by atoms with van der Waals surface area (Å²) >= 11 is 6.02. The summed E-state index contributed by atoms with van der Waals surface area (Å²) in [5, 5.41) is 10.9. The van der Waals surface area contributed by atoms with E-state index < -0.39 is 11.9 Å². The van der Waals surface area contributed by atoms with Crippen LogP contribution in [0.3, 0.4) is 0 Å². The predicted octanol–water partition coefficient (Wildman–Crippen LogP) is 4.04. The Morgan fingerprint density at radius 3 is 2.62 bits per heavy atom. The third kappa shape index (κ3) is 3.58. The van der Waals surface area contributed by atoms with Crippen LogP contribution >= 0.6 is 11.6 Å². The SMILES string of the molecule is CCC(C)(C(O)Cc1cccc(F)c1Cl)N1CCCCC1. The molecule has 0 saturated carbocycles. The van der Waals surface area contributed by atoms with Gasteiger partial charge in [0.15, 0.2) is 0 Å². The van der Waals surface area contributed by atoms with Gasteiger partial charge in [0.25, 0.3) is 0 Å². The highest BCUT2D eigenvalue weighted by molar-refractivity contribution is 6.31. The van der Waals surface area contributed by atoms with E-state index in [1.54, 1.807) is 12.1 Å². The Morgan fingerprint density at radius 1 is 1.33 bits per heavy atom. The number of hydrogen-bond acceptors (Lipinski definition) is 2. The number of hydrogen-bond donors (Lipinski definition) is 1. The molecule has 1 aromatic rings. The van der Waals surface area contributed by atoms with E-state index in [0.29, 0.717) is 12.0 Å². The van der Waals surface area contributed by atoms with E-state index in [2.05, 4.69) is 18.7 Å². The van der Waals surface area contributed by atoms with Gasteiger partial charge in [-0.15, -0.1) is 0 Å². The molecule has 0 aliphatic carbocycles. The summed E-state index contributed by atoms with van der Waals surface area (Å²) in [5.74, 6) is -0.419. The molecule has 2 nitrogen and oxygen atoms in total. The third-order valence-electron chi connectivity index (χ3n) is 4.96. The molecule has 1 N–H and O–H groups in total. The van der Waals surface area contributed by atoms with E-state index in [1.807, 2.05) is 0 Å². The zero-order chi connectivity index (χ0) is 15.5. The molecule has 2 rings (SSSR count). The van der Waals surface area contributed by atoms with Gasteiger partial charge in [-0.2, -0.15) is 0 Å². The van der Waals surface area contributed by atoms with Gasteiger partial charge in [-0.1, -0.05) is 37.1 Å².